The number of carboxylic acids is 1. The van der Waals surface area contributed by atoms with Crippen LogP contribution in [0, 0.1) is 25.5 Å². The van der Waals surface area contributed by atoms with Crippen molar-refractivity contribution in [2.45, 2.75) is 23.9 Å². The van der Waals surface area contributed by atoms with Crippen molar-refractivity contribution in [1.29, 1.82) is 0 Å². The lowest BCUT2D eigenvalue weighted by Gasteiger charge is -2.06. The Bertz CT molecular complexity index is 649. The number of rotatable bonds is 3. The molecule has 2 rings (SSSR count). The lowest BCUT2D eigenvalue weighted by Crippen LogP contribution is -2.01. The number of aryl methyl sites for hydroxylation is 2. The molecular formula is C13H10F2N2O2S. The first-order chi connectivity index (χ1) is 9.36. The van der Waals surface area contributed by atoms with Gasteiger partial charge in [-0.25, -0.2) is 23.5 Å². The SMILES string of the molecule is Cc1cc(C)nc(Sc2c(F)cc(C(=O)O)cc2F)n1. The molecule has 0 unspecified atom stereocenters. The fourth-order valence-electron chi connectivity index (χ4n) is 1.61. The summed E-state index contributed by atoms with van der Waals surface area (Å²) in [4.78, 5) is 18.5. The highest BCUT2D eigenvalue weighted by molar-refractivity contribution is 7.99. The summed E-state index contributed by atoms with van der Waals surface area (Å²) in [6.45, 7) is 3.50. The Morgan fingerprint density at radius 3 is 2.05 bits per heavy atom. The first-order valence-corrected chi connectivity index (χ1v) is 6.41. The van der Waals surface area contributed by atoms with Crippen molar-refractivity contribution in [1.82, 2.24) is 9.97 Å². The molecule has 1 aromatic carbocycles. The number of carbonyl (C=O) groups is 1. The molecule has 0 atom stereocenters. The van der Waals surface area contributed by atoms with Gasteiger partial charge in [-0.05, 0) is 43.8 Å². The molecule has 0 bridgehead atoms. The van der Waals surface area contributed by atoms with Crippen molar-refractivity contribution in [3.8, 4) is 0 Å². The minimum atomic E-state index is -1.39. The molecule has 20 heavy (non-hydrogen) atoms. The lowest BCUT2D eigenvalue weighted by atomic mass is 10.2. The van der Waals surface area contributed by atoms with E-state index in [1.807, 2.05) is 0 Å². The van der Waals surface area contributed by atoms with E-state index in [4.69, 9.17) is 5.11 Å². The Labute approximate surface area is 117 Å². The Balaban J connectivity index is 2.41. The highest BCUT2D eigenvalue weighted by atomic mass is 32.2. The molecule has 7 heteroatoms. The first-order valence-electron chi connectivity index (χ1n) is 5.59. The van der Waals surface area contributed by atoms with E-state index < -0.39 is 23.2 Å². The van der Waals surface area contributed by atoms with Crippen LogP contribution in [0.1, 0.15) is 21.7 Å². The van der Waals surface area contributed by atoms with Gasteiger partial charge in [-0.1, -0.05) is 0 Å². The molecule has 0 amide bonds. The second-order valence-electron chi connectivity index (χ2n) is 4.11. The molecule has 0 aliphatic heterocycles. The minimum Gasteiger partial charge on any atom is -0.478 e. The van der Waals surface area contributed by atoms with Gasteiger partial charge >= 0.3 is 5.97 Å². The Morgan fingerprint density at radius 1 is 1.10 bits per heavy atom. The monoisotopic (exact) mass is 296 g/mol. The predicted octanol–water partition coefficient (Wildman–Crippen LogP) is 3.22. The minimum absolute atomic E-state index is 0.211. The third-order valence-corrected chi connectivity index (χ3v) is 3.36. The maximum Gasteiger partial charge on any atom is 0.335 e. The van der Waals surface area contributed by atoms with Crippen LogP contribution in [0.3, 0.4) is 0 Å². The van der Waals surface area contributed by atoms with Gasteiger partial charge in [-0.3, -0.25) is 0 Å². The summed E-state index contributed by atoms with van der Waals surface area (Å²) in [5.41, 5.74) is 0.927. The Morgan fingerprint density at radius 2 is 1.60 bits per heavy atom. The van der Waals surface area contributed by atoms with Crippen molar-refractivity contribution in [2.24, 2.45) is 0 Å². The number of hydrogen-bond donors (Lipinski definition) is 1. The van der Waals surface area contributed by atoms with E-state index in [9.17, 15) is 13.6 Å². The van der Waals surface area contributed by atoms with Gasteiger partial charge in [0.2, 0.25) is 0 Å². The Hall–Kier alpha value is -2.02. The lowest BCUT2D eigenvalue weighted by molar-refractivity contribution is 0.0695. The largest absolute Gasteiger partial charge is 0.478 e. The summed E-state index contributed by atoms with van der Waals surface area (Å²) in [7, 11) is 0. The van der Waals surface area contributed by atoms with E-state index in [2.05, 4.69) is 9.97 Å². The first kappa shape index (κ1) is 14.4. The van der Waals surface area contributed by atoms with E-state index >= 15 is 0 Å². The highest BCUT2D eigenvalue weighted by Gasteiger charge is 2.17. The molecular weight excluding hydrogens is 286 g/mol. The van der Waals surface area contributed by atoms with Gasteiger partial charge in [0, 0.05) is 11.4 Å². The molecule has 0 fully saturated rings. The van der Waals surface area contributed by atoms with Crippen LogP contribution < -0.4 is 0 Å². The fourth-order valence-corrected chi connectivity index (χ4v) is 2.49. The molecule has 0 radical (unpaired) electrons. The van der Waals surface area contributed by atoms with Crippen molar-refractivity contribution in [2.75, 3.05) is 0 Å². The number of benzene rings is 1. The molecule has 1 N–H and O–H groups in total. The number of carboxylic acid groups (broad SMARTS) is 1. The summed E-state index contributed by atoms with van der Waals surface area (Å²) in [5, 5.41) is 8.93. The van der Waals surface area contributed by atoms with E-state index in [-0.39, 0.29) is 10.1 Å². The molecule has 0 spiro atoms. The van der Waals surface area contributed by atoms with Gasteiger partial charge < -0.3 is 5.11 Å². The molecule has 0 saturated heterocycles. The van der Waals surface area contributed by atoms with Crippen LogP contribution in [0.15, 0.2) is 28.3 Å². The zero-order valence-electron chi connectivity index (χ0n) is 10.6. The summed E-state index contributed by atoms with van der Waals surface area (Å²) < 4.78 is 27.6. The summed E-state index contributed by atoms with van der Waals surface area (Å²) in [6.07, 6.45) is 0. The van der Waals surface area contributed by atoms with Crippen LogP contribution in [0.4, 0.5) is 8.78 Å². The van der Waals surface area contributed by atoms with E-state index in [1.54, 1.807) is 19.9 Å². The van der Waals surface area contributed by atoms with Crippen LogP contribution in [0.25, 0.3) is 0 Å². The Kier molecular flexibility index (Phi) is 3.99. The maximum atomic E-state index is 13.8. The standard InChI is InChI=1S/C13H10F2N2O2S/c1-6-3-7(2)17-13(16-6)20-11-9(14)4-8(12(18)19)5-10(11)15/h3-5H,1-2H3,(H,18,19). The second kappa shape index (κ2) is 5.54. The van der Waals surface area contributed by atoms with Gasteiger partial charge in [0.05, 0.1) is 10.5 Å². The van der Waals surface area contributed by atoms with Crippen LogP contribution in [-0.4, -0.2) is 21.0 Å². The van der Waals surface area contributed by atoms with Crippen LogP contribution >= 0.6 is 11.8 Å². The van der Waals surface area contributed by atoms with Crippen LogP contribution in [0.2, 0.25) is 0 Å². The normalized spacial score (nSPS) is 10.6. The number of nitrogens with zero attached hydrogens (tertiary/aromatic N) is 2. The molecule has 0 aliphatic carbocycles. The molecule has 104 valence electrons. The molecule has 2 aromatic rings. The number of aromatic carboxylic acids is 1. The van der Waals surface area contributed by atoms with Gasteiger partial charge in [0.25, 0.3) is 0 Å². The molecule has 1 aromatic heterocycles. The maximum absolute atomic E-state index is 13.8. The summed E-state index contributed by atoms with van der Waals surface area (Å²) >= 11 is 0.724. The van der Waals surface area contributed by atoms with Crippen LogP contribution in [0.5, 0.6) is 0 Å². The zero-order chi connectivity index (χ0) is 14.9. The van der Waals surface area contributed by atoms with E-state index in [0.717, 1.165) is 23.9 Å². The van der Waals surface area contributed by atoms with Gasteiger partial charge in [0.1, 0.15) is 11.6 Å². The van der Waals surface area contributed by atoms with Gasteiger partial charge in [0.15, 0.2) is 5.16 Å². The third kappa shape index (κ3) is 3.11. The average molecular weight is 296 g/mol. The third-order valence-electron chi connectivity index (χ3n) is 2.40. The van der Waals surface area contributed by atoms with Crippen molar-refractivity contribution >= 4 is 17.7 Å². The molecule has 1 heterocycles. The zero-order valence-corrected chi connectivity index (χ0v) is 11.5. The number of halogens is 2. The molecule has 0 saturated carbocycles. The van der Waals surface area contributed by atoms with Crippen molar-refractivity contribution in [3.63, 3.8) is 0 Å². The molecule has 4 nitrogen and oxygen atoms in total. The smallest absolute Gasteiger partial charge is 0.335 e. The van der Waals surface area contributed by atoms with Crippen molar-refractivity contribution < 1.29 is 18.7 Å². The predicted molar refractivity (Wildman–Crippen MR) is 68.9 cm³/mol. The number of hydrogen-bond acceptors (Lipinski definition) is 4. The summed E-state index contributed by atoms with van der Waals surface area (Å²) in [6, 6.07) is 3.29. The second-order valence-corrected chi connectivity index (χ2v) is 5.09. The number of aromatic nitrogens is 2. The highest BCUT2D eigenvalue weighted by Crippen LogP contribution is 2.31. The van der Waals surface area contributed by atoms with Gasteiger partial charge in [-0.2, -0.15) is 0 Å². The topological polar surface area (TPSA) is 63.1 Å². The van der Waals surface area contributed by atoms with E-state index in [0.29, 0.717) is 11.4 Å². The van der Waals surface area contributed by atoms with Crippen LogP contribution in [-0.2, 0) is 0 Å². The summed E-state index contributed by atoms with van der Waals surface area (Å²) in [5.74, 6) is -3.28. The average Bonchev–Trinajstić information content (AvgIpc) is 2.32. The van der Waals surface area contributed by atoms with Crippen molar-refractivity contribution in [3.05, 3.63) is 46.8 Å². The quantitative estimate of drug-likeness (QED) is 0.881. The fraction of sp³-hybridized carbons (Fsp3) is 0.154. The van der Waals surface area contributed by atoms with Gasteiger partial charge in [-0.15, -0.1) is 0 Å². The molecule has 0 aliphatic rings. The van der Waals surface area contributed by atoms with E-state index in [1.165, 1.54) is 0 Å².